The molecule has 0 aliphatic rings. The van der Waals surface area contributed by atoms with Crippen LogP contribution in [-0.4, -0.2) is 28.0 Å². The van der Waals surface area contributed by atoms with Gasteiger partial charge < -0.3 is 20.2 Å². The van der Waals surface area contributed by atoms with E-state index in [1.165, 1.54) is 30.6 Å². The number of carbonyl (C=O) groups excluding carboxylic acids is 1. The number of fused-ring (bicyclic) bond motifs is 1. The number of hydrogen-bond acceptors (Lipinski definition) is 8. The van der Waals surface area contributed by atoms with Gasteiger partial charge in [-0.15, -0.1) is 11.3 Å². The molecule has 0 aliphatic carbocycles. The van der Waals surface area contributed by atoms with E-state index in [2.05, 4.69) is 20.3 Å². The standard InChI is InChI=1S/C21H18F3N5O3S/c1-10(25)18-17(19(30)27-9-15-26-7-8-33-15)29-20(32-18)12-3-5-13(31-2)16-11(12)4-6-14(28-16)21(22,23)24/h3-8,10H,9,25H2,1-2H3,(H,27,30)/t10-/m0/s1. The number of hydrogen-bond donors (Lipinski definition) is 2. The maximum absolute atomic E-state index is 13.2. The number of benzene rings is 1. The van der Waals surface area contributed by atoms with Crippen LogP contribution in [0.1, 0.15) is 39.9 Å². The van der Waals surface area contributed by atoms with Gasteiger partial charge in [-0.25, -0.2) is 15.0 Å². The zero-order valence-corrected chi connectivity index (χ0v) is 18.3. The number of aromatic nitrogens is 3. The minimum atomic E-state index is -4.62. The zero-order chi connectivity index (χ0) is 23.8. The van der Waals surface area contributed by atoms with Gasteiger partial charge in [0.05, 0.1) is 19.7 Å². The van der Waals surface area contributed by atoms with Crippen LogP contribution in [0.2, 0.25) is 0 Å². The summed E-state index contributed by atoms with van der Waals surface area (Å²) in [7, 11) is 1.33. The quantitative estimate of drug-likeness (QED) is 0.425. The second-order valence-electron chi connectivity index (χ2n) is 7.03. The van der Waals surface area contributed by atoms with E-state index in [1.807, 2.05) is 0 Å². The van der Waals surface area contributed by atoms with Crippen LogP contribution >= 0.6 is 11.3 Å². The minimum absolute atomic E-state index is 0.0135. The fourth-order valence-electron chi connectivity index (χ4n) is 3.20. The number of nitrogens with two attached hydrogens (primary N) is 1. The van der Waals surface area contributed by atoms with Crippen LogP contribution in [0.15, 0.2) is 40.3 Å². The van der Waals surface area contributed by atoms with E-state index < -0.39 is 23.8 Å². The molecule has 1 atom stereocenters. The summed E-state index contributed by atoms with van der Waals surface area (Å²) in [6.07, 6.45) is -3.00. The topological polar surface area (TPSA) is 116 Å². The van der Waals surface area contributed by atoms with Crippen LogP contribution in [0.3, 0.4) is 0 Å². The highest BCUT2D eigenvalue weighted by molar-refractivity contribution is 7.09. The van der Waals surface area contributed by atoms with E-state index in [-0.39, 0.29) is 35.2 Å². The summed E-state index contributed by atoms with van der Waals surface area (Å²) in [5, 5.41) is 5.53. The lowest BCUT2D eigenvalue weighted by Gasteiger charge is -2.11. The number of nitrogens with one attached hydrogen (secondary N) is 1. The second kappa shape index (κ2) is 8.79. The van der Waals surface area contributed by atoms with Crippen molar-refractivity contribution in [1.82, 2.24) is 20.3 Å². The van der Waals surface area contributed by atoms with Crippen LogP contribution in [0, 0.1) is 0 Å². The average molecular weight is 477 g/mol. The average Bonchev–Trinajstić information content (AvgIpc) is 3.46. The monoisotopic (exact) mass is 477 g/mol. The van der Waals surface area contributed by atoms with Gasteiger partial charge in [0.15, 0.2) is 11.5 Å². The molecular weight excluding hydrogens is 459 g/mol. The number of carbonyl (C=O) groups is 1. The third kappa shape index (κ3) is 4.52. The molecule has 4 rings (SSSR count). The molecule has 3 aromatic heterocycles. The van der Waals surface area contributed by atoms with Gasteiger partial charge in [0.1, 0.15) is 22.0 Å². The maximum Gasteiger partial charge on any atom is 0.433 e. The van der Waals surface area contributed by atoms with E-state index >= 15 is 0 Å². The molecule has 8 nitrogen and oxygen atoms in total. The number of alkyl halides is 3. The Balaban J connectivity index is 1.78. The Morgan fingerprint density at radius 2 is 2.06 bits per heavy atom. The molecule has 0 aliphatic heterocycles. The molecule has 12 heteroatoms. The van der Waals surface area contributed by atoms with E-state index in [9.17, 15) is 18.0 Å². The fraction of sp³-hybridized carbons (Fsp3) is 0.238. The molecule has 1 aromatic carbocycles. The number of oxazole rings is 1. The van der Waals surface area contributed by atoms with Crippen molar-refractivity contribution in [1.29, 1.82) is 0 Å². The number of methoxy groups -OCH3 is 1. The molecule has 3 heterocycles. The van der Waals surface area contributed by atoms with Crippen LogP contribution in [0.25, 0.3) is 22.4 Å². The Hall–Kier alpha value is -3.51. The molecule has 0 radical (unpaired) electrons. The minimum Gasteiger partial charge on any atom is -0.494 e. The number of nitrogens with zero attached hydrogens (tertiary/aromatic N) is 3. The summed E-state index contributed by atoms with van der Waals surface area (Å²) in [5.74, 6) is -0.190. The molecule has 33 heavy (non-hydrogen) atoms. The van der Waals surface area contributed by atoms with Crippen molar-refractivity contribution in [2.45, 2.75) is 25.7 Å². The van der Waals surface area contributed by atoms with Gasteiger partial charge in [0, 0.05) is 22.5 Å². The molecule has 4 aromatic rings. The van der Waals surface area contributed by atoms with Crippen molar-refractivity contribution in [3.8, 4) is 17.2 Å². The Morgan fingerprint density at radius 3 is 2.70 bits per heavy atom. The fourth-order valence-corrected chi connectivity index (χ4v) is 3.76. The van der Waals surface area contributed by atoms with Gasteiger partial charge in [-0.1, -0.05) is 0 Å². The van der Waals surface area contributed by atoms with Crippen molar-refractivity contribution in [3.63, 3.8) is 0 Å². The van der Waals surface area contributed by atoms with Crippen molar-refractivity contribution in [2.75, 3.05) is 7.11 Å². The van der Waals surface area contributed by atoms with Crippen LogP contribution in [0.4, 0.5) is 13.2 Å². The third-order valence-corrected chi connectivity index (χ3v) is 5.51. The van der Waals surface area contributed by atoms with E-state index in [0.717, 1.165) is 6.07 Å². The smallest absolute Gasteiger partial charge is 0.433 e. The highest BCUT2D eigenvalue weighted by atomic mass is 32.1. The Labute approximate surface area is 189 Å². The molecule has 3 N–H and O–H groups in total. The zero-order valence-electron chi connectivity index (χ0n) is 17.4. The number of pyridine rings is 1. The number of halogens is 3. The predicted octanol–water partition coefficient (Wildman–Crippen LogP) is 4.32. The van der Waals surface area contributed by atoms with Crippen LogP contribution in [-0.2, 0) is 12.7 Å². The Morgan fingerprint density at radius 1 is 1.27 bits per heavy atom. The Bertz CT molecular complexity index is 1300. The van der Waals surface area contributed by atoms with Gasteiger partial charge in [-0.05, 0) is 31.2 Å². The maximum atomic E-state index is 13.2. The van der Waals surface area contributed by atoms with E-state index in [1.54, 1.807) is 24.6 Å². The Kier molecular flexibility index (Phi) is 6.04. The summed E-state index contributed by atoms with van der Waals surface area (Å²) < 4.78 is 50.5. The van der Waals surface area contributed by atoms with Crippen molar-refractivity contribution < 1.29 is 27.1 Å². The van der Waals surface area contributed by atoms with Gasteiger partial charge in [0.2, 0.25) is 5.89 Å². The molecule has 0 spiro atoms. The largest absolute Gasteiger partial charge is 0.494 e. The van der Waals surface area contributed by atoms with Crippen molar-refractivity contribution in [2.24, 2.45) is 5.73 Å². The first-order valence-electron chi connectivity index (χ1n) is 9.67. The first-order valence-corrected chi connectivity index (χ1v) is 10.5. The molecule has 0 saturated heterocycles. The summed E-state index contributed by atoms with van der Waals surface area (Å²) in [4.78, 5) is 24.9. The van der Waals surface area contributed by atoms with Crippen molar-refractivity contribution >= 4 is 28.1 Å². The number of ether oxygens (including phenoxy) is 1. The highest BCUT2D eigenvalue weighted by Gasteiger charge is 2.33. The molecule has 0 unspecified atom stereocenters. The van der Waals surface area contributed by atoms with Gasteiger partial charge in [-0.3, -0.25) is 4.79 Å². The summed E-state index contributed by atoms with van der Waals surface area (Å²) >= 11 is 1.39. The highest BCUT2D eigenvalue weighted by Crippen LogP contribution is 2.37. The van der Waals surface area contributed by atoms with Crippen LogP contribution < -0.4 is 15.8 Å². The predicted molar refractivity (Wildman–Crippen MR) is 115 cm³/mol. The van der Waals surface area contributed by atoms with Crippen molar-refractivity contribution in [3.05, 3.63) is 58.0 Å². The SMILES string of the molecule is COc1ccc(-c2nc(C(=O)NCc3nccs3)c([C@H](C)N)o2)c2ccc(C(F)(F)F)nc12. The number of rotatable bonds is 6. The first-order chi connectivity index (χ1) is 15.7. The number of amides is 1. The van der Waals surface area contributed by atoms with E-state index in [0.29, 0.717) is 16.0 Å². The lowest BCUT2D eigenvalue weighted by atomic mass is 10.1. The number of thiazole rings is 1. The molecule has 1 amide bonds. The molecule has 0 bridgehead atoms. The lowest BCUT2D eigenvalue weighted by Crippen LogP contribution is -2.25. The van der Waals surface area contributed by atoms with E-state index in [4.69, 9.17) is 14.9 Å². The summed E-state index contributed by atoms with van der Waals surface area (Å²) in [5.41, 5.74) is 5.23. The molecule has 0 saturated carbocycles. The molecular formula is C21H18F3N5O3S. The second-order valence-corrected chi connectivity index (χ2v) is 8.01. The normalized spacial score (nSPS) is 12.7. The van der Waals surface area contributed by atoms with Crippen LogP contribution in [0.5, 0.6) is 5.75 Å². The van der Waals surface area contributed by atoms with Gasteiger partial charge in [0.25, 0.3) is 5.91 Å². The lowest BCUT2D eigenvalue weighted by molar-refractivity contribution is -0.140. The summed E-state index contributed by atoms with van der Waals surface area (Å²) in [6, 6.07) is 4.50. The molecule has 172 valence electrons. The van der Waals surface area contributed by atoms with Gasteiger partial charge >= 0.3 is 6.18 Å². The van der Waals surface area contributed by atoms with Gasteiger partial charge in [-0.2, -0.15) is 13.2 Å². The third-order valence-electron chi connectivity index (χ3n) is 4.73. The first kappa shape index (κ1) is 22.7. The molecule has 0 fully saturated rings. The summed E-state index contributed by atoms with van der Waals surface area (Å²) in [6.45, 7) is 1.83.